The molecular formula is C14H11NO5S. The Labute approximate surface area is 123 Å². The molecule has 0 saturated carbocycles. The Kier molecular flexibility index (Phi) is 2.65. The van der Waals surface area contributed by atoms with Crippen molar-refractivity contribution < 1.29 is 19.0 Å². The molecule has 0 saturated heterocycles. The Morgan fingerprint density at radius 3 is 2.81 bits per heavy atom. The maximum Gasteiger partial charge on any atom is 0.344 e. The molecule has 2 aliphatic heterocycles. The van der Waals surface area contributed by atoms with Crippen LogP contribution in [-0.2, 0) is 10.6 Å². The summed E-state index contributed by atoms with van der Waals surface area (Å²) in [5.74, 6) is 1.27. The molecular weight excluding hydrogens is 294 g/mol. The summed E-state index contributed by atoms with van der Waals surface area (Å²) < 4.78 is 17.6. The average Bonchev–Trinajstić information content (AvgIpc) is 2.88. The van der Waals surface area contributed by atoms with Crippen molar-refractivity contribution in [1.82, 2.24) is 4.57 Å². The number of ether oxygens (including phenoxy) is 3. The van der Waals surface area contributed by atoms with Gasteiger partial charge in [0.2, 0.25) is 12.2 Å². The third kappa shape index (κ3) is 1.67. The van der Waals surface area contributed by atoms with E-state index in [-0.39, 0.29) is 24.4 Å². The van der Waals surface area contributed by atoms with Gasteiger partial charge in [-0.25, -0.2) is 4.79 Å². The van der Waals surface area contributed by atoms with E-state index in [2.05, 4.69) is 0 Å². The SMILES string of the molecule is CCOC(=O)c1c2n(c3cc4c(cc3c1=O)OCO4)CS2. The number of nitrogens with zero attached hydrogens (tertiary/aromatic N) is 1. The van der Waals surface area contributed by atoms with Crippen molar-refractivity contribution in [3.05, 3.63) is 27.9 Å². The Morgan fingerprint density at radius 1 is 1.38 bits per heavy atom. The fourth-order valence-electron chi connectivity index (χ4n) is 2.53. The van der Waals surface area contributed by atoms with Crippen molar-refractivity contribution in [2.75, 3.05) is 13.4 Å². The van der Waals surface area contributed by atoms with Crippen molar-refractivity contribution in [1.29, 1.82) is 0 Å². The van der Waals surface area contributed by atoms with Crippen LogP contribution in [0.4, 0.5) is 0 Å². The Morgan fingerprint density at radius 2 is 2.14 bits per heavy atom. The van der Waals surface area contributed by atoms with Gasteiger partial charge in [0.05, 0.1) is 28.4 Å². The van der Waals surface area contributed by atoms with Gasteiger partial charge in [-0.15, -0.1) is 0 Å². The van der Waals surface area contributed by atoms with Crippen molar-refractivity contribution in [3.8, 4) is 11.5 Å². The maximum atomic E-state index is 12.6. The molecule has 0 atom stereocenters. The van der Waals surface area contributed by atoms with E-state index in [1.165, 1.54) is 11.8 Å². The lowest BCUT2D eigenvalue weighted by molar-refractivity contribution is 0.0518. The van der Waals surface area contributed by atoms with Gasteiger partial charge >= 0.3 is 5.97 Å². The zero-order chi connectivity index (χ0) is 14.6. The third-order valence-corrected chi connectivity index (χ3v) is 4.61. The Balaban J connectivity index is 2.03. The fraction of sp³-hybridized carbons (Fsp3) is 0.286. The summed E-state index contributed by atoms with van der Waals surface area (Å²) in [6.07, 6.45) is 0. The monoisotopic (exact) mass is 305 g/mol. The van der Waals surface area contributed by atoms with E-state index in [1.54, 1.807) is 19.1 Å². The van der Waals surface area contributed by atoms with Gasteiger partial charge in [0.25, 0.3) is 0 Å². The second kappa shape index (κ2) is 4.42. The zero-order valence-corrected chi connectivity index (χ0v) is 12.0. The van der Waals surface area contributed by atoms with Gasteiger partial charge in [0, 0.05) is 6.07 Å². The lowest BCUT2D eigenvalue weighted by atomic mass is 10.1. The molecule has 7 heteroatoms. The zero-order valence-electron chi connectivity index (χ0n) is 11.2. The molecule has 108 valence electrons. The number of carbonyl (C=O) groups excluding carboxylic acids is 1. The summed E-state index contributed by atoms with van der Waals surface area (Å²) in [4.78, 5) is 24.7. The summed E-state index contributed by atoms with van der Waals surface area (Å²) in [6, 6.07) is 3.43. The minimum atomic E-state index is -0.571. The molecule has 21 heavy (non-hydrogen) atoms. The van der Waals surface area contributed by atoms with E-state index in [1.807, 2.05) is 4.57 Å². The molecule has 0 fully saturated rings. The summed E-state index contributed by atoms with van der Waals surface area (Å²) in [5, 5.41) is 1.11. The Hall–Kier alpha value is -2.15. The van der Waals surface area contributed by atoms with Crippen LogP contribution in [0.5, 0.6) is 11.5 Å². The first-order valence-electron chi connectivity index (χ1n) is 6.50. The third-order valence-electron chi connectivity index (χ3n) is 3.52. The number of pyridine rings is 1. The van der Waals surface area contributed by atoms with Gasteiger partial charge in [-0.1, -0.05) is 11.8 Å². The van der Waals surface area contributed by atoms with Gasteiger partial charge in [-0.05, 0) is 13.0 Å². The molecule has 0 aliphatic carbocycles. The predicted molar refractivity (Wildman–Crippen MR) is 76.1 cm³/mol. The van der Waals surface area contributed by atoms with Gasteiger partial charge in [-0.3, -0.25) is 4.79 Å². The molecule has 4 rings (SSSR count). The molecule has 0 bridgehead atoms. The number of rotatable bonds is 2. The van der Waals surface area contributed by atoms with E-state index in [0.29, 0.717) is 27.8 Å². The van der Waals surface area contributed by atoms with Crippen LogP contribution in [0, 0.1) is 0 Å². The van der Waals surface area contributed by atoms with E-state index in [9.17, 15) is 9.59 Å². The second-order valence-electron chi connectivity index (χ2n) is 4.65. The topological polar surface area (TPSA) is 66.8 Å². The molecule has 2 aromatic rings. The standard InChI is InChI=1S/C14H11NO5S/c1-2-18-14(17)11-12(16)7-3-9-10(20-6-19-9)4-8(7)15-5-21-13(11)15/h3-4H,2,5-6H2,1H3. The molecule has 0 radical (unpaired) electrons. The molecule has 1 aromatic heterocycles. The fourth-order valence-corrected chi connectivity index (χ4v) is 3.48. The van der Waals surface area contributed by atoms with E-state index in [4.69, 9.17) is 14.2 Å². The lowest BCUT2D eigenvalue weighted by Crippen LogP contribution is -2.27. The number of aromatic nitrogens is 1. The molecule has 0 spiro atoms. The highest BCUT2D eigenvalue weighted by Crippen LogP contribution is 2.41. The van der Waals surface area contributed by atoms with Crippen LogP contribution in [0.2, 0.25) is 0 Å². The molecule has 2 aliphatic rings. The largest absolute Gasteiger partial charge is 0.462 e. The number of hydrogen-bond acceptors (Lipinski definition) is 6. The van der Waals surface area contributed by atoms with E-state index < -0.39 is 5.97 Å². The van der Waals surface area contributed by atoms with Crippen molar-refractivity contribution in [3.63, 3.8) is 0 Å². The highest BCUT2D eigenvalue weighted by atomic mass is 32.2. The van der Waals surface area contributed by atoms with E-state index >= 15 is 0 Å². The number of benzene rings is 1. The van der Waals surface area contributed by atoms with Crippen LogP contribution < -0.4 is 14.9 Å². The van der Waals surface area contributed by atoms with Gasteiger partial charge in [0.15, 0.2) is 11.5 Å². The minimum Gasteiger partial charge on any atom is -0.462 e. The summed E-state index contributed by atoms with van der Waals surface area (Å²) in [6.45, 7) is 2.10. The molecule has 0 unspecified atom stereocenters. The molecule has 0 N–H and O–H groups in total. The second-order valence-corrected chi connectivity index (χ2v) is 5.59. The quantitative estimate of drug-likeness (QED) is 0.790. The number of fused-ring (bicyclic) bond motifs is 4. The van der Waals surface area contributed by atoms with Crippen LogP contribution >= 0.6 is 11.8 Å². The van der Waals surface area contributed by atoms with Crippen LogP contribution in [0.15, 0.2) is 22.0 Å². The number of thioether (sulfide) groups is 1. The molecule has 0 amide bonds. The Bertz CT molecular complexity index is 842. The summed E-state index contributed by atoms with van der Waals surface area (Å²) in [7, 11) is 0. The normalized spacial score (nSPS) is 14.7. The highest BCUT2D eigenvalue weighted by Gasteiger charge is 2.30. The minimum absolute atomic E-state index is 0.111. The first kappa shape index (κ1) is 12.6. The molecule has 3 heterocycles. The summed E-state index contributed by atoms with van der Waals surface area (Å²) >= 11 is 1.46. The molecule has 6 nitrogen and oxygen atoms in total. The first-order valence-corrected chi connectivity index (χ1v) is 7.49. The van der Waals surface area contributed by atoms with Gasteiger partial charge < -0.3 is 18.8 Å². The molecule has 1 aromatic carbocycles. The van der Waals surface area contributed by atoms with E-state index in [0.717, 1.165) is 5.52 Å². The predicted octanol–water partition coefficient (Wildman–Crippen LogP) is 1.97. The summed E-state index contributed by atoms with van der Waals surface area (Å²) in [5.41, 5.74) is 0.547. The van der Waals surface area contributed by atoms with Crippen LogP contribution in [0.25, 0.3) is 10.9 Å². The highest BCUT2D eigenvalue weighted by molar-refractivity contribution is 7.99. The first-order chi connectivity index (χ1) is 10.2. The van der Waals surface area contributed by atoms with Crippen LogP contribution in [-0.4, -0.2) is 23.9 Å². The number of carbonyl (C=O) groups is 1. The van der Waals surface area contributed by atoms with Crippen molar-refractivity contribution in [2.45, 2.75) is 17.8 Å². The van der Waals surface area contributed by atoms with Crippen LogP contribution in [0.1, 0.15) is 17.3 Å². The average molecular weight is 305 g/mol. The smallest absolute Gasteiger partial charge is 0.344 e. The number of hydrogen-bond donors (Lipinski definition) is 0. The van der Waals surface area contributed by atoms with Gasteiger partial charge in [-0.2, -0.15) is 0 Å². The lowest BCUT2D eigenvalue weighted by Gasteiger charge is -2.26. The number of esters is 1. The maximum absolute atomic E-state index is 12.6. The van der Waals surface area contributed by atoms with Crippen molar-refractivity contribution in [2.24, 2.45) is 0 Å². The van der Waals surface area contributed by atoms with Crippen LogP contribution in [0.3, 0.4) is 0 Å². The van der Waals surface area contributed by atoms with Crippen molar-refractivity contribution >= 4 is 28.6 Å². The van der Waals surface area contributed by atoms with Gasteiger partial charge in [0.1, 0.15) is 5.56 Å².